The van der Waals surface area contributed by atoms with Gasteiger partial charge in [0.25, 0.3) is 5.91 Å². The zero-order chi connectivity index (χ0) is 21.1. The smallest absolute Gasteiger partial charge is 0.260 e. The van der Waals surface area contributed by atoms with Gasteiger partial charge < -0.3 is 4.90 Å². The summed E-state index contributed by atoms with van der Waals surface area (Å²) in [6.45, 7) is 7.63. The molecule has 4 nitrogen and oxygen atoms in total. The van der Waals surface area contributed by atoms with Gasteiger partial charge in [-0.2, -0.15) is 0 Å². The standard InChI is InChI=1S/C24H24BrN3OS/c1-3-27(4-2)13-14-28(24-26-21-12-11-20(25)16-22(21)30-24)23(29)19-10-9-17-7-5-6-8-18(17)15-19/h5-12,15-16H,3-4,13-14H2,1-2H3. The molecule has 0 fully saturated rings. The SMILES string of the molecule is CCN(CC)CCN(C(=O)c1ccc2ccccc2c1)c1nc2ccc(Br)cc2s1. The van der Waals surface area contributed by atoms with Gasteiger partial charge in [0.2, 0.25) is 0 Å². The van der Waals surface area contributed by atoms with E-state index in [-0.39, 0.29) is 5.91 Å². The molecule has 1 amide bonds. The van der Waals surface area contributed by atoms with E-state index >= 15 is 0 Å². The predicted molar refractivity (Wildman–Crippen MR) is 131 cm³/mol. The first-order valence-electron chi connectivity index (χ1n) is 10.2. The number of thiazole rings is 1. The molecule has 0 aliphatic heterocycles. The van der Waals surface area contributed by atoms with Gasteiger partial charge in [0.15, 0.2) is 5.13 Å². The number of hydrogen-bond donors (Lipinski definition) is 0. The molecule has 0 radical (unpaired) electrons. The van der Waals surface area contributed by atoms with Gasteiger partial charge in [-0.3, -0.25) is 9.69 Å². The second-order valence-electron chi connectivity index (χ2n) is 7.15. The van der Waals surface area contributed by atoms with Crippen LogP contribution in [0.4, 0.5) is 5.13 Å². The van der Waals surface area contributed by atoms with E-state index in [1.807, 2.05) is 53.4 Å². The summed E-state index contributed by atoms with van der Waals surface area (Å²) in [5, 5.41) is 2.95. The molecule has 0 aliphatic rings. The summed E-state index contributed by atoms with van der Waals surface area (Å²) in [5.74, 6) is -0.00830. The summed E-state index contributed by atoms with van der Waals surface area (Å²) in [4.78, 5) is 22.5. The van der Waals surface area contributed by atoms with Gasteiger partial charge in [-0.15, -0.1) is 0 Å². The molecule has 0 spiro atoms. The molecule has 4 rings (SSSR count). The van der Waals surface area contributed by atoms with Crippen molar-refractivity contribution in [2.24, 2.45) is 0 Å². The van der Waals surface area contributed by atoms with E-state index in [1.54, 1.807) is 11.3 Å². The molecule has 30 heavy (non-hydrogen) atoms. The molecular formula is C24H24BrN3OS. The van der Waals surface area contributed by atoms with E-state index in [0.29, 0.717) is 12.1 Å². The Morgan fingerprint density at radius 1 is 0.967 bits per heavy atom. The van der Waals surface area contributed by atoms with Gasteiger partial charge in [-0.25, -0.2) is 4.98 Å². The number of fused-ring (bicyclic) bond motifs is 2. The fraction of sp³-hybridized carbons (Fsp3) is 0.250. The van der Waals surface area contributed by atoms with Gasteiger partial charge in [-0.1, -0.05) is 71.4 Å². The average molecular weight is 482 g/mol. The van der Waals surface area contributed by atoms with Crippen molar-refractivity contribution in [3.05, 3.63) is 70.7 Å². The van der Waals surface area contributed by atoms with Crippen LogP contribution in [0.3, 0.4) is 0 Å². The van der Waals surface area contributed by atoms with Crippen molar-refractivity contribution in [1.29, 1.82) is 0 Å². The zero-order valence-corrected chi connectivity index (χ0v) is 19.5. The summed E-state index contributed by atoms with van der Waals surface area (Å²) in [5.41, 5.74) is 1.60. The minimum Gasteiger partial charge on any atom is -0.302 e. The summed E-state index contributed by atoms with van der Waals surface area (Å²) in [6.07, 6.45) is 0. The molecule has 0 aliphatic carbocycles. The minimum atomic E-state index is -0.00830. The highest BCUT2D eigenvalue weighted by Gasteiger charge is 2.22. The molecule has 0 bridgehead atoms. The molecule has 4 aromatic rings. The largest absolute Gasteiger partial charge is 0.302 e. The fourth-order valence-corrected chi connectivity index (χ4v) is 5.09. The van der Waals surface area contributed by atoms with Crippen LogP contribution in [0.25, 0.3) is 21.0 Å². The van der Waals surface area contributed by atoms with Crippen molar-refractivity contribution in [3.8, 4) is 0 Å². The fourth-order valence-electron chi connectivity index (χ4n) is 3.55. The Labute approximate surface area is 189 Å². The Balaban J connectivity index is 1.71. The van der Waals surface area contributed by atoms with Crippen LogP contribution >= 0.6 is 27.3 Å². The number of carbonyl (C=O) groups is 1. The van der Waals surface area contributed by atoms with Crippen LogP contribution in [0.5, 0.6) is 0 Å². The van der Waals surface area contributed by atoms with Gasteiger partial charge in [0.05, 0.1) is 10.2 Å². The van der Waals surface area contributed by atoms with E-state index in [1.165, 1.54) is 0 Å². The summed E-state index contributed by atoms with van der Waals surface area (Å²) >= 11 is 5.09. The van der Waals surface area contributed by atoms with Gasteiger partial charge in [-0.05, 0) is 54.2 Å². The summed E-state index contributed by atoms with van der Waals surface area (Å²) < 4.78 is 2.08. The quantitative estimate of drug-likeness (QED) is 0.315. The van der Waals surface area contributed by atoms with Crippen molar-refractivity contribution in [2.45, 2.75) is 13.8 Å². The Hall–Kier alpha value is -2.28. The van der Waals surface area contributed by atoms with Gasteiger partial charge in [0, 0.05) is 23.1 Å². The first-order valence-corrected chi connectivity index (χ1v) is 11.8. The number of carbonyl (C=O) groups excluding carboxylic acids is 1. The van der Waals surface area contributed by atoms with E-state index in [4.69, 9.17) is 4.98 Å². The lowest BCUT2D eigenvalue weighted by Gasteiger charge is -2.24. The highest BCUT2D eigenvalue weighted by Crippen LogP contribution is 2.32. The maximum Gasteiger partial charge on any atom is 0.260 e. The Morgan fingerprint density at radius 3 is 2.50 bits per heavy atom. The summed E-state index contributed by atoms with van der Waals surface area (Å²) in [7, 11) is 0. The van der Waals surface area contributed by atoms with Crippen LogP contribution in [0.2, 0.25) is 0 Å². The Kier molecular flexibility index (Phi) is 6.46. The number of aromatic nitrogens is 1. The molecule has 3 aromatic carbocycles. The molecule has 154 valence electrons. The lowest BCUT2D eigenvalue weighted by Crippen LogP contribution is -2.38. The van der Waals surface area contributed by atoms with Crippen molar-refractivity contribution >= 4 is 59.3 Å². The van der Waals surface area contributed by atoms with Crippen LogP contribution in [0.1, 0.15) is 24.2 Å². The van der Waals surface area contributed by atoms with Gasteiger partial charge >= 0.3 is 0 Å². The van der Waals surface area contributed by atoms with Crippen LogP contribution in [0, 0.1) is 0 Å². The number of nitrogens with zero attached hydrogens (tertiary/aromatic N) is 3. The second-order valence-corrected chi connectivity index (χ2v) is 9.08. The average Bonchev–Trinajstić information content (AvgIpc) is 3.18. The van der Waals surface area contributed by atoms with Crippen LogP contribution < -0.4 is 4.90 Å². The maximum atomic E-state index is 13.6. The Morgan fingerprint density at radius 2 is 1.73 bits per heavy atom. The number of amides is 1. The topological polar surface area (TPSA) is 36.4 Å². The molecule has 1 aromatic heterocycles. The molecule has 0 unspecified atom stereocenters. The highest BCUT2D eigenvalue weighted by molar-refractivity contribution is 9.10. The van der Waals surface area contributed by atoms with Crippen LogP contribution in [-0.4, -0.2) is 42.0 Å². The Bertz CT molecular complexity index is 1190. The first kappa shape index (κ1) is 21.0. The zero-order valence-electron chi connectivity index (χ0n) is 17.1. The number of likely N-dealkylation sites (N-methyl/N-ethyl adjacent to an activating group) is 1. The third-order valence-electron chi connectivity index (χ3n) is 5.35. The van der Waals surface area contributed by atoms with Crippen molar-refractivity contribution in [3.63, 3.8) is 0 Å². The molecule has 0 saturated heterocycles. The molecule has 0 atom stereocenters. The minimum absolute atomic E-state index is 0.00830. The van der Waals surface area contributed by atoms with Crippen LogP contribution in [0.15, 0.2) is 65.1 Å². The molecule has 6 heteroatoms. The monoisotopic (exact) mass is 481 g/mol. The van der Waals surface area contributed by atoms with Crippen molar-refractivity contribution < 1.29 is 4.79 Å². The molecular weight excluding hydrogens is 458 g/mol. The third-order valence-corrected chi connectivity index (χ3v) is 6.88. The predicted octanol–water partition coefficient (Wildman–Crippen LogP) is 6.20. The van der Waals surface area contributed by atoms with Crippen molar-refractivity contribution in [1.82, 2.24) is 9.88 Å². The number of anilines is 1. The van der Waals surface area contributed by atoms with Gasteiger partial charge in [0.1, 0.15) is 0 Å². The third kappa shape index (κ3) is 4.41. The van der Waals surface area contributed by atoms with Crippen molar-refractivity contribution in [2.75, 3.05) is 31.1 Å². The highest BCUT2D eigenvalue weighted by atomic mass is 79.9. The number of hydrogen-bond acceptors (Lipinski definition) is 4. The van der Waals surface area contributed by atoms with E-state index < -0.39 is 0 Å². The lowest BCUT2D eigenvalue weighted by atomic mass is 10.1. The normalized spacial score (nSPS) is 11.5. The second kappa shape index (κ2) is 9.25. The molecule has 1 heterocycles. The summed E-state index contributed by atoms with van der Waals surface area (Å²) in [6, 6.07) is 20.1. The molecule has 0 N–H and O–H groups in total. The number of benzene rings is 3. The van der Waals surface area contributed by atoms with E-state index in [2.05, 4.69) is 46.8 Å². The number of rotatable bonds is 7. The van der Waals surface area contributed by atoms with Crippen LogP contribution in [-0.2, 0) is 0 Å². The van der Waals surface area contributed by atoms with E-state index in [0.717, 1.165) is 50.2 Å². The first-order chi connectivity index (χ1) is 14.6. The molecule has 0 saturated carbocycles. The van der Waals surface area contributed by atoms with E-state index in [9.17, 15) is 4.79 Å². The lowest BCUT2D eigenvalue weighted by molar-refractivity contribution is 0.0984. The maximum absolute atomic E-state index is 13.6. The number of halogens is 1.